The molecule has 2 aromatic rings. The molecule has 0 spiro atoms. The molecule has 4 N–H and O–H groups in total. The van der Waals surface area contributed by atoms with Crippen molar-refractivity contribution >= 4 is 39.6 Å². The van der Waals surface area contributed by atoms with E-state index in [1.54, 1.807) is 6.07 Å². The molecule has 1 aliphatic heterocycles. The van der Waals surface area contributed by atoms with Crippen LogP contribution in [0.2, 0.25) is 5.02 Å². The van der Waals surface area contributed by atoms with E-state index in [-0.39, 0.29) is 51.3 Å². The van der Waals surface area contributed by atoms with Gasteiger partial charge in [-0.2, -0.15) is 22.8 Å². The molecule has 0 saturated heterocycles. The highest BCUT2D eigenvalue weighted by molar-refractivity contribution is 6.35. The number of halogens is 7. The molecule has 2 heterocycles. The van der Waals surface area contributed by atoms with Gasteiger partial charge in [-0.3, -0.25) is 9.99 Å². The van der Waals surface area contributed by atoms with E-state index in [1.165, 1.54) is 37.3 Å². The molecule has 15 heteroatoms. The smallest absolute Gasteiger partial charge is 0.382 e. The van der Waals surface area contributed by atoms with Crippen molar-refractivity contribution in [3.8, 4) is 6.07 Å². The van der Waals surface area contributed by atoms with E-state index in [2.05, 4.69) is 38.1 Å². The predicted octanol–water partition coefficient (Wildman–Crippen LogP) is 7.35. The molecule has 0 amide bonds. The summed E-state index contributed by atoms with van der Waals surface area (Å²) in [6.07, 6.45) is -2.77. The molecule has 1 atom stereocenters. The van der Waals surface area contributed by atoms with Crippen LogP contribution in [0.15, 0.2) is 59.4 Å². The van der Waals surface area contributed by atoms with Gasteiger partial charge in [0.25, 0.3) is 6.43 Å². The number of anilines is 2. The average Bonchev–Trinajstić information content (AvgIpc) is 3.63. The number of aromatic nitrogens is 1. The first-order valence-electron chi connectivity index (χ1n) is 13.5. The molecule has 236 valence electrons. The van der Waals surface area contributed by atoms with Crippen LogP contribution >= 0.6 is 11.6 Å². The number of nitrogens with one attached hydrogen (secondary N) is 4. The molecule has 1 fully saturated rings. The lowest BCUT2D eigenvalue weighted by molar-refractivity contribution is -0.206. The second-order valence-corrected chi connectivity index (χ2v) is 11.7. The molecular formula is C29H31ClF6N8. The molecule has 0 bridgehead atoms. The van der Waals surface area contributed by atoms with Gasteiger partial charge in [0, 0.05) is 35.7 Å². The summed E-state index contributed by atoms with van der Waals surface area (Å²) in [5.41, 5.74) is 3.57. The Bertz CT molecular complexity index is 1590. The van der Waals surface area contributed by atoms with Crippen LogP contribution in [-0.2, 0) is 0 Å². The van der Waals surface area contributed by atoms with Crippen LogP contribution in [0.4, 0.5) is 37.7 Å². The van der Waals surface area contributed by atoms with Crippen LogP contribution in [-0.4, -0.2) is 46.4 Å². The molecule has 1 aromatic carbocycles. The Morgan fingerprint density at radius 3 is 2.57 bits per heavy atom. The van der Waals surface area contributed by atoms with Crippen LogP contribution in [0.5, 0.6) is 0 Å². The van der Waals surface area contributed by atoms with Gasteiger partial charge >= 0.3 is 6.18 Å². The normalized spacial score (nSPS) is 17.7. The summed E-state index contributed by atoms with van der Waals surface area (Å²) in [4.78, 5) is 8.13. The number of allylic oxidation sites excluding steroid dienone is 1. The lowest BCUT2D eigenvalue weighted by atomic mass is 9.92. The van der Waals surface area contributed by atoms with Gasteiger partial charge in [-0.1, -0.05) is 18.2 Å². The zero-order valence-electron chi connectivity index (χ0n) is 24.3. The number of alkyl halides is 5. The van der Waals surface area contributed by atoms with Gasteiger partial charge in [0.1, 0.15) is 11.6 Å². The van der Waals surface area contributed by atoms with Crippen molar-refractivity contribution in [2.24, 2.45) is 10.4 Å². The summed E-state index contributed by atoms with van der Waals surface area (Å²) in [7, 11) is 0. The van der Waals surface area contributed by atoms with Crippen LogP contribution < -0.4 is 21.6 Å². The minimum absolute atomic E-state index is 0.00352. The van der Waals surface area contributed by atoms with Crippen molar-refractivity contribution in [2.45, 2.75) is 64.7 Å². The van der Waals surface area contributed by atoms with E-state index in [1.807, 2.05) is 6.07 Å². The van der Waals surface area contributed by atoms with E-state index >= 15 is 0 Å². The van der Waals surface area contributed by atoms with Crippen molar-refractivity contribution in [1.82, 2.24) is 21.0 Å². The number of pyridine rings is 1. The summed E-state index contributed by atoms with van der Waals surface area (Å²) in [6.45, 7) is 8.58. The highest BCUT2D eigenvalue weighted by Crippen LogP contribution is 2.47. The number of hydrazine groups is 2. The number of aliphatic imine (C=N–C) groups is 1. The third-order valence-electron chi connectivity index (χ3n) is 7.70. The van der Waals surface area contributed by atoms with Crippen molar-refractivity contribution in [3.05, 3.63) is 65.0 Å². The number of rotatable bonds is 11. The second-order valence-electron chi connectivity index (χ2n) is 11.3. The monoisotopic (exact) mass is 640 g/mol. The van der Waals surface area contributed by atoms with Crippen molar-refractivity contribution in [3.63, 3.8) is 0 Å². The van der Waals surface area contributed by atoms with E-state index in [0.29, 0.717) is 11.4 Å². The summed E-state index contributed by atoms with van der Waals surface area (Å²) in [5.74, 6) is -0.758. The fourth-order valence-electron chi connectivity index (χ4n) is 4.46. The Hall–Kier alpha value is -3.96. The summed E-state index contributed by atoms with van der Waals surface area (Å²) < 4.78 is 82.4. The minimum Gasteiger partial charge on any atom is -0.382 e. The molecule has 1 saturated carbocycles. The number of benzene rings is 1. The van der Waals surface area contributed by atoms with Crippen molar-refractivity contribution in [1.29, 1.82) is 5.26 Å². The van der Waals surface area contributed by atoms with E-state index in [9.17, 15) is 31.6 Å². The Morgan fingerprint density at radius 1 is 1.32 bits per heavy atom. The van der Waals surface area contributed by atoms with Gasteiger partial charge in [-0.25, -0.2) is 13.8 Å². The Balaban J connectivity index is 1.78. The van der Waals surface area contributed by atoms with Crippen molar-refractivity contribution < 1.29 is 26.3 Å². The number of nitriles is 1. The molecule has 1 aromatic heterocycles. The fraction of sp³-hybridized carbons (Fsp3) is 0.414. The largest absolute Gasteiger partial charge is 0.395 e. The third-order valence-corrected chi connectivity index (χ3v) is 7.99. The number of hydrogen-bond acceptors (Lipinski definition) is 8. The number of fused-ring (bicyclic) bond motifs is 1. The Morgan fingerprint density at radius 2 is 2.00 bits per heavy atom. The lowest BCUT2D eigenvalue weighted by Gasteiger charge is -2.29. The number of hydrogen-bond donors (Lipinski definition) is 4. The molecule has 0 radical (unpaired) electrons. The van der Waals surface area contributed by atoms with Gasteiger partial charge in [0.15, 0.2) is 0 Å². The third kappa shape index (κ3) is 6.44. The molecule has 0 unspecified atom stereocenters. The quantitative estimate of drug-likeness (QED) is 0.116. The van der Waals surface area contributed by atoms with Crippen LogP contribution in [0, 0.1) is 16.7 Å². The first-order valence-corrected chi connectivity index (χ1v) is 13.9. The number of nitrogens with zero attached hydrogens (tertiary/aromatic N) is 4. The van der Waals surface area contributed by atoms with Gasteiger partial charge in [-0.15, -0.1) is 5.53 Å². The van der Waals surface area contributed by atoms with Crippen LogP contribution in [0.25, 0.3) is 10.9 Å². The van der Waals surface area contributed by atoms with Crippen LogP contribution in [0.3, 0.4) is 0 Å². The maximum Gasteiger partial charge on any atom is 0.395 e. The zero-order valence-corrected chi connectivity index (χ0v) is 25.1. The first kappa shape index (κ1) is 32.9. The van der Waals surface area contributed by atoms with E-state index in [4.69, 9.17) is 11.6 Å². The van der Waals surface area contributed by atoms with Gasteiger partial charge in [0.05, 0.1) is 38.9 Å². The molecule has 44 heavy (non-hydrogen) atoms. The van der Waals surface area contributed by atoms with E-state index in [0.717, 1.165) is 19.9 Å². The maximum atomic E-state index is 14.0. The maximum absolute atomic E-state index is 14.0. The van der Waals surface area contributed by atoms with Gasteiger partial charge in [-0.05, 0) is 64.3 Å². The fourth-order valence-corrected chi connectivity index (χ4v) is 4.73. The minimum atomic E-state index is -4.52. The molecule has 8 nitrogen and oxygen atoms in total. The zero-order chi connectivity index (χ0) is 32.6. The molecular weight excluding hydrogens is 610 g/mol. The van der Waals surface area contributed by atoms with E-state index < -0.39 is 42.1 Å². The SMILES string of the molecule is C=C(C(C)=N/C(F)=C\C)[C@H](Nc1cc(Cl)c2ncc(C#N)c(NCC(C)(C)C(F)(F)F)c2c1)C1=CN(C2(C(F)F)CC2)NN1. The Labute approximate surface area is 255 Å². The summed E-state index contributed by atoms with van der Waals surface area (Å²) in [6, 6.07) is 4.10. The average molecular weight is 641 g/mol. The molecule has 4 rings (SSSR count). The van der Waals surface area contributed by atoms with Gasteiger partial charge in [0.2, 0.25) is 5.95 Å². The first-order chi connectivity index (χ1) is 20.5. The Kier molecular flexibility index (Phi) is 9.14. The lowest BCUT2D eigenvalue weighted by Crippen LogP contribution is -2.48. The second kappa shape index (κ2) is 12.2. The predicted molar refractivity (Wildman–Crippen MR) is 158 cm³/mol. The highest BCUT2D eigenvalue weighted by Gasteiger charge is 2.56. The topological polar surface area (TPSA) is 100 Å². The van der Waals surface area contributed by atoms with Crippen LogP contribution in [0.1, 0.15) is 46.1 Å². The molecule has 2 aliphatic rings. The standard InChI is InChI=1S/C29H31ClF6N8/c1-6-22(31)40-16(3)15(2)23(21-13-44(43-42-21)28(7-8-28)26(32)33)41-18-9-19-24(39-14-27(4,5)29(34,35)36)17(11-37)12-38-25(19)20(30)10-18/h6,9-10,12-13,23,26,41-43H,2,7-8,14H2,1,3-5H3,(H,38,39)/b22-6-,40-16?/t23-/m0/s1. The van der Waals surface area contributed by atoms with Gasteiger partial charge < -0.3 is 16.1 Å². The molecule has 1 aliphatic carbocycles. The summed E-state index contributed by atoms with van der Waals surface area (Å²) in [5, 5.41) is 17.3. The highest BCUT2D eigenvalue weighted by atomic mass is 35.5. The van der Waals surface area contributed by atoms with Crippen molar-refractivity contribution in [2.75, 3.05) is 17.2 Å². The summed E-state index contributed by atoms with van der Waals surface area (Å²) >= 11 is 6.56.